The Hall–Kier alpha value is -1.27. The van der Waals surface area contributed by atoms with Crippen molar-refractivity contribution in [2.24, 2.45) is 0 Å². The lowest BCUT2D eigenvalue weighted by molar-refractivity contribution is 0.0529. The molecule has 5 nitrogen and oxygen atoms in total. The van der Waals surface area contributed by atoms with Gasteiger partial charge in [0.25, 0.3) is 0 Å². The van der Waals surface area contributed by atoms with E-state index in [4.69, 9.17) is 22.1 Å². The Labute approximate surface area is 111 Å². The molecule has 1 rings (SSSR count). The molecule has 7 heteroatoms. The third-order valence-corrected chi connectivity index (χ3v) is 4.26. The number of halogens is 1. The average molecular weight is 292 g/mol. The van der Waals surface area contributed by atoms with Crippen molar-refractivity contribution >= 4 is 33.1 Å². The number of carbonyl (C=O) groups is 1. The summed E-state index contributed by atoms with van der Waals surface area (Å²) >= 11 is 5.82. The number of rotatable bonds is 5. The van der Waals surface area contributed by atoms with Crippen LogP contribution in [0.3, 0.4) is 0 Å². The summed E-state index contributed by atoms with van der Waals surface area (Å²) in [6.45, 7) is 1.35. The van der Waals surface area contributed by atoms with E-state index in [1.54, 1.807) is 0 Å². The summed E-state index contributed by atoms with van der Waals surface area (Å²) < 4.78 is 27.2. The van der Waals surface area contributed by atoms with Crippen LogP contribution in [0, 0.1) is 0 Å². The summed E-state index contributed by atoms with van der Waals surface area (Å²) in [5.41, 5.74) is 6.09. The first kappa shape index (κ1) is 14.8. The minimum absolute atomic E-state index is 0.0210. The Kier molecular flexibility index (Phi) is 4.98. The second kappa shape index (κ2) is 6.06. The van der Waals surface area contributed by atoms with Gasteiger partial charge in [-0.3, -0.25) is 0 Å². The fourth-order valence-electron chi connectivity index (χ4n) is 1.18. The van der Waals surface area contributed by atoms with Gasteiger partial charge in [-0.05, 0) is 18.2 Å². The number of anilines is 1. The monoisotopic (exact) mass is 291 g/mol. The van der Waals surface area contributed by atoms with E-state index in [1.165, 1.54) is 25.1 Å². The molecule has 2 N–H and O–H groups in total. The highest BCUT2D eigenvalue weighted by Crippen LogP contribution is 2.19. The van der Waals surface area contributed by atoms with Crippen molar-refractivity contribution in [2.45, 2.75) is 6.92 Å². The lowest BCUT2D eigenvalue weighted by Crippen LogP contribution is -2.17. The van der Waals surface area contributed by atoms with E-state index in [0.717, 1.165) is 0 Å². The zero-order chi connectivity index (χ0) is 13.8. The number of carbonyl (C=O) groups excluding carboxylic acids is 1. The second-order valence-electron chi connectivity index (χ2n) is 3.61. The number of sulfone groups is 1. The van der Waals surface area contributed by atoms with Crippen molar-refractivity contribution in [1.82, 2.24) is 0 Å². The Balaban J connectivity index is 2.61. The molecular weight excluding hydrogens is 278 g/mol. The van der Waals surface area contributed by atoms with Crippen LogP contribution in [0.4, 0.5) is 5.69 Å². The van der Waals surface area contributed by atoms with Crippen molar-refractivity contribution < 1.29 is 17.9 Å². The molecule has 0 radical (unpaired) electrons. The Morgan fingerprint density at radius 1 is 1.44 bits per heavy atom. The minimum atomic E-state index is -3.14. The van der Waals surface area contributed by atoms with Gasteiger partial charge in [-0.2, -0.15) is 0 Å². The SMILES string of the molecule is CCS(=O)(=O)CCOC(=O)c1ccc(N)cc1Cl. The smallest absolute Gasteiger partial charge is 0.339 e. The van der Waals surface area contributed by atoms with Gasteiger partial charge >= 0.3 is 5.97 Å². The van der Waals surface area contributed by atoms with Crippen molar-refractivity contribution in [3.8, 4) is 0 Å². The maximum Gasteiger partial charge on any atom is 0.339 e. The van der Waals surface area contributed by atoms with Gasteiger partial charge in [0.2, 0.25) is 0 Å². The van der Waals surface area contributed by atoms with Crippen molar-refractivity contribution in [1.29, 1.82) is 0 Å². The first-order valence-electron chi connectivity index (χ1n) is 5.28. The number of hydrogen-bond acceptors (Lipinski definition) is 5. The topological polar surface area (TPSA) is 86.5 Å². The van der Waals surface area contributed by atoms with Crippen molar-refractivity contribution in [3.05, 3.63) is 28.8 Å². The summed E-state index contributed by atoms with van der Waals surface area (Å²) in [5, 5.41) is 0.179. The Morgan fingerprint density at radius 3 is 2.67 bits per heavy atom. The molecule has 0 unspecified atom stereocenters. The van der Waals surface area contributed by atoms with E-state index in [9.17, 15) is 13.2 Å². The molecule has 0 aromatic heterocycles. The molecule has 0 saturated carbocycles. The van der Waals surface area contributed by atoms with Gasteiger partial charge in [0.05, 0.1) is 16.3 Å². The molecule has 0 aliphatic heterocycles. The van der Waals surface area contributed by atoms with Crippen LogP contribution in [-0.4, -0.2) is 32.5 Å². The van der Waals surface area contributed by atoms with E-state index < -0.39 is 15.8 Å². The molecular formula is C11H14ClNO4S. The molecule has 0 aliphatic carbocycles. The van der Waals surface area contributed by atoms with Crippen LogP contribution in [-0.2, 0) is 14.6 Å². The summed E-state index contributed by atoms with van der Waals surface area (Å²) in [7, 11) is -3.14. The fraction of sp³-hybridized carbons (Fsp3) is 0.364. The lowest BCUT2D eigenvalue weighted by atomic mass is 10.2. The predicted octanol–water partition coefficient (Wildman–Crippen LogP) is 1.51. The molecule has 0 bridgehead atoms. The number of hydrogen-bond donors (Lipinski definition) is 1. The first-order chi connectivity index (χ1) is 8.35. The highest BCUT2D eigenvalue weighted by Gasteiger charge is 2.14. The Morgan fingerprint density at radius 2 is 2.11 bits per heavy atom. The van der Waals surface area contributed by atoms with Crippen LogP contribution < -0.4 is 5.73 Å². The highest BCUT2D eigenvalue weighted by atomic mass is 35.5. The van der Waals surface area contributed by atoms with Gasteiger partial charge in [0.1, 0.15) is 6.61 Å². The number of nitrogen functional groups attached to an aromatic ring is 1. The quantitative estimate of drug-likeness (QED) is 0.656. The number of benzene rings is 1. The van der Waals surface area contributed by atoms with E-state index in [0.29, 0.717) is 5.69 Å². The maximum absolute atomic E-state index is 11.6. The standard InChI is InChI=1S/C11H14ClNO4S/c1-2-18(15,16)6-5-17-11(14)9-4-3-8(13)7-10(9)12/h3-4,7H,2,5-6,13H2,1H3. The summed E-state index contributed by atoms with van der Waals surface area (Å²) in [5.74, 6) is -0.832. The van der Waals surface area contributed by atoms with Crippen LogP contribution in [0.2, 0.25) is 5.02 Å². The van der Waals surface area contributed by atoms with Crippen LogP contribution in [0.15, 0.2) is 18.2 Å². The first-order valence-corrected chi connectivity index (χ1v) is 7.48. The van der Waals surface area contributed by atoms with Crippen molar-refractivity contribution in [2.75, 3.05) is 23.8 Å². The number of esters is 1. The van der Waals surface area contributed by atoms with Gasteiger partial charge < -0.3 is 10.5 Å². The van der Waals surface area contributed by atoms with Crippen molar-refractivity contribution in [3.63, 3.8) is 0 Å². The highest BCUT2D eigenvalue weighted by molar-refractivity contribution is 7.91. The molecule has 0 spiro atoms. The zero-order valence-corrected chi connectivity index (χ0v) is 11.4. The molecule has 0 atom stereocenters. The van der Waals surface area contributed by atoms with E-state index in [2.05, 4.69) is 0 Å². The normalized spacial score (nSPS) is 11.2. The van der Waals surface area contributed by atoms with Gasteiger partial charge in [-0.15, -0.1) is 0 Å². The molecule has 100 valence electrons. The molecule has 0 amide bonds. The minimum Gasteiger partial charge on any atom is -0.461 e. The van der Waals surface area contributed by atoms with E-state index in [1.807, 2.05) is 0 Å². The molecule has 0 fully saturated rings. The predicted molar refractivity (Wildman–Crippen MR) is 70.5 cm³/mol. The van der Waals surface area contributed by atoms with Crippen LogP contribution in [0.25, 0.3) is 0 Å². The fourth-order valence-corrected chi connectivity index (χ4v) is 2.07. The molecule has 0 aliphatic rings. The summed E-state index contributed by atoms with van der Waals surface area (Å²) in [6.07, 6.45) is 0. The second-order valence-corrected chi connectivity index (χ2v) is 6.49. The van der Waals surface area contributed by atoms with E-state index in [-0.39, 0.29) is 28.7 Å². The summed E-state index contributed by atoms with van der Waals surface area (Å²) in [4.78, 5) is 11.6. The molecule has 1 aromatic carbocycles. The molecule has 18 heavy (non-hydrogen) atoms. The van der Waals surface area contributed by atoms with Crippen LogP contribution in [0.1, 0.15) is 17.3 Å². The van der Waals surface area contributed by atoms with Crippen LogP contribution in [0.5, 0.6) is 0 Å². The number of nitrogens with two attached hydrogens (primary N) is 1. The lowest BCUT2D eigenvalue weighted by Gasteiger charge is -2.06. The van der Waals surface area contributed by atoms with E-state index >= 15 is 0 Å². The average Bonchev–Trinajstić information content (AvgIpc) is 2.28. The molecule has 0 saturated heterocycles. The molecule has 1 aromatic rings. The zero-order valence-electron chi connectivity index (χ0n) is 9.85. The Bertz CT molecular complexity index is 542. The van der Waals surface area contributed by atoms with Crippen LogP contribution >= 0.6 is 11.6 Å². The summed E-state index contributed by atoms with van der Waals surface area (Å²) in [6, 6.07) is 4.39. The molecule has 0 heterocycles. The van der Waals surface area contributed by atoms with Gasteiger partial charge in [0.15, 0.2) is 9.84 Å². The number of ether oxygens (including phenoxy) is 1. The maximum atomic E-state index is 11.6. The third kappa shape index (κ3) is 4.19. The third-order valence-electron chi connectivity index (χ3n) is 2.28. The van der Waals surface area contributed by atoms with Gasteiger partial charge in [0, 0.05) is 11.4 Å². The van der Waals surface area contributed by atoms with Gasteiger partial charge in [-0.25, -0.2) is 13.2 Å². The van der Waals surface area contributed by atoms with Gasteiger partial charge in [-0.1, -0.05) is 18.5 Å². The largest absolute Gasteiger partial charge is 0.461 e.